The Morgan fingerprint density at radius 1 is 1.28 bits per heavy atom. The number of nitro benzene ring substituents is 1. The van der Waals surface area contributed by atoms with E-state index >= 15 is 0 Å². The van der Waals surface area contributed by atoms with Crippen LogP contribution < -0.4 is 10.0 Å². The second kappa shape index (κ2) is 7.34. The number of ether oxygens (including phenoxy) is 1. The molecular weight excluding hydrogens is 337 g/mol. The van der Waals surface area contributed by atoms with Crippen molar-refractivity contribution in [2.75, 3.05) is 5.32 Å². The van der Waals surface area contributed by atoms with Gasteiger partial charge in [-0.3, -0.25) is 14.9 Å². The Hall–Kier alpha value is -3.56. The number of carbonyl (C=O) groups excluding carboxylic acids is 2. The maximum atomic E-state index is 13.3. The quantitative estimate of drug-likeness (QED) is 0.287. The van der Waals surface area contributed by atoms with E-state index in [1.54, 1.807) is 0 Å². The van der Waals surface area contributed by atoms with Gasteiger partial charge in [0.15, 0.2) is 18.5 Å². The third kappa shape index (κ3) is 4.47. The maximum Gasteiger partial charge on any atom is 0.339 e. The number of esters is 1. The van der Waals surface area contributed by atoms with Gasteiger partial charge < -0.3 is 15.3 Å². The van der Waals surface area contributed by atoms with Gasteiger partial charge in [-0.2, -0.15) is 9.12 Å². The summed E-state index contributed by atoms with van der Waals surface area (Å²) in [6.07, 6.45) is 0.967. The van der Waals surface area contributed by atoms with E-state index in [0.29, 0.717) is 4.73 Å². The Labute approximate surface area is 140 Å². The van der Waals surface area contributed by atoms with E-state index in [2.05, 4.69) is 5.32 Å². The number of amides is 1. The standard InChI is InChI=1S/C15H12FN3O6/c1-9(25-15(21)10-4-6-18(22)7-5-10)14(20)17-11-2-3-12(16)13(8-11)19(23)24/h2-9H,1H3,(H,17,20)/t9-/m1/s1. The minimum Gasteiger partial charge on any atom is -0.619 e. The largest absolute Gasteiger partial charge is 0.619 e. The minimum atomic E-state index is -1.23. The summed E-state index contributed by atoms with van der Waals surface area (Å²) in [5, 5.41) is 23.9. The number of hydrogen-bond donors (Lipinski definition) is 1. The first-order chi connectivity index (χ1) is 11.8. The van der Waals surface area contributed by atoms with E-state index in [0.717, 1.165) is 30.6 Å². The number of carbonyl (C=O) groups is 2. The average molecular weight is 349 g/mol. The molecule has 1 N–H and O–H groups in total. The lowest BCUT2D eigenvalue weighted by atomic mass is 10.2. The van der Waals surface area contributed by atoms with E-state index in [4.69, 9.17) is 4.74 Å². The summed E-state index contributed by atoms with van der Waals surface area (Å²) in [6.45, 7) is 1.29. The fourth-order valence-corrected chi connectivity index (χ4v) is 1.81. The fourth-order valence-electron chi connectivity index (χ4n) is 1.81. The molecule has 0 radical (unpaired) electrons. The van der Waals surface area contributed by atoms with Crippen LogP contribution in [0.5, 0.6) is 0 Å². The van der Waals surface area contributed by atoms with E-state index in [-0.39, 0.29) is 11.3 Å². The number of benzene rings is 1. The van der Waals surface area contributed by atoms with Crippen LogP contribution in [-0.2, 0) is 9.53 Å². The predicted molar refractivity (Wildman–Crippen MR) is 82.0 cm³/mol. The van der Waals surface area contributed by atoms with Crippen LogP contribution in [0.1, 0.15) is 17.3 Å². The molecule has 0 fully saturated rings. The Balaban J connectivity index is 2.03. The first-order valence-corrected chi connectivity index (χ1v) is 6.92. The molecule has 1 aromatic heterocycles. The molecule has 0 saturated carbocycles. The fraction of sp³-hybridized carbons (Fsp3) is 0.133. The number of pyridine rings is 1. The first-order valence-electron chi connectivity index (χ1n) is 6.92. The van der Waals surface area contributed by atoms with Crippen molar-refractivity contribution in [3.63, 3.8) is 0 Å². The summed E-state index contributed by atoms with van der Waals surface area (Å²) in [4.78, 5) is 33.6. The molecule has 2 rings (SSSR count). The molecule has 10 heteroatoms. The van der Waals surface area contributed by atoms with Crippen molar-refractivity contribution in [3.8, 4) is 0 Å². The third-order valence-electron chi connectivity index (χ3n) is 3.10. The van der Waals surface area contributed by atoms with E-state index in [1.165, 1.54) is 19.1 Å². The number of nitrogens with zero attached hydrogens (tertiary/aromatic N) is 2. The Morgan fingerprint density at radius 3 is 2.52 bits per heavy atom. The van der Waals surface area contributed by atoms with Crippen LogP contribution in [0.15, 0.2) is 42.7 Å². The van der Waals surface area contributed by atoms with Gasteiger partial charge in [0.25, 0.3) is 5.91 Å². The molecule has 25 heavy (non-hydrogen) atoms. The van der Waals surface area contributed by atoms with Crippen molar-refractivity contribution in [1.82, 2.24) is 0 Å². The van der Waals surface area contributed by atoms with Crippen LogP contribution in [0, 0.1) is 21.1 Å². The second-order valence-corrected chi connectivity index (χ2v) is 4.91. The lowest BCUT2D eigenvalue weighted by Crippen LogP contribution is -2.30. The van der Waals surface area contributed by atoms with Crippen LogP contribution in [0.25, 0.3) is 0 Å². The second-order valence-electron chi connectivity index (χ2n) is 4.91. The third-order valence-corrected chi connectivity index (χ3v) is 3.10. The van der Waals surface area contributed by atoms with Crippen molar-refractivity contribution in [2.45, 2.75) is 13.0 Å². The lowest BCUT2D eigenvalue weighted by molar-refractivity contribution is -0.605. The highest BCUT2D eigenvalue weighted by molar-refractivity contribution is 5.97. The van der Waals surface area contributed by atoms with Crippen LogP contribution in [-0.4, -0.2) is 22.9 Å². The maximum absolute atomic E-state index is 13.3. The topological polar surface area (TPSA) is 125 Å². The minimum absolute atomic E-state index is 0.0203. The molecular formula is C15H12FN3O6. The number of nitro groups is 1. The van der Waals surface area contributed by atoms with Crippen molar-refractivity contribution < 1.29 is 28.4 Å². The number of aromatic nitrogens is 1. The van der Waals surface area contributed by atoms with Gasteiger partial charge in [0, 0.05) is 23.9 Å². The summed E-state index contributed by atoms with van der Waals surface area (Å²) in [5.41, 5.74) is -0.741. The van der Waals surface area contributed by atoms with Gasteiger partial charge in [-0.1, -0.05) is 0 Å². The van der Waals surface area contributed by atoms with Crippen molar-refractivity contribution in [1.29, 1.82) is 0 Å². The number of hydrogen-bond acceptors (Lipinski definition) is 6. The Kier molecular flexibility index (Phi) is 5.22. The lowest BCUT2D eigenvalue weighted by Gasteiger charge is -2.13. The van der Waals surface area contributed by atoms with E-state index < -0.39 is 34.4 Å². The number of rotatable bonds is 5. The zero-order valence-electron chi connectivity index (χ0n) is 12.8. The van der Waals surface area contributed by atoms with Crippen LogP contribution in [0.3, 0.4) is 0 Å². The molecule has 1 heterocycles. The molecule has 2 aromatic rings. The van der Waals surface area contributed by atoms with E-state index in [1.807, 2.05) is 0 Å². The molecule has 1 amide bonds. The molecule has 1 atom stereocenters. The normalized spacial score (nSPS) is 11.4. The van der Waals surface area contributed by atoms with Crippen LogP contribution in [0.2, 0.25) is 0 Å². The van der Waals surface area contributed by atoms with Gasteiger partial charge in [0.2, 0.25) is 5.82 Å². The highest BCUT2D eigenvalue weighted by atomic mass is 19.1. The summed E-state index contributed by atoms with van der Waals surface area (Å²) >= 11 is 0. The van der Waals surface area contributed by atoms with Crippen LogP contribution >= 0.6 is 0 Å². The number of halogens is 1. The molecule has 1 aromatic carbocycles. The Bertz CT molecular complexity index is 825. The van der Waals surface area contributed by atoms with Gasteiger partial charge >= 0.3 is 11.7 Å². The molecule has 0 aliphatic rings. The van der Waals surface area contributed by atoms with Crippen molar-refractivity contribution >= 4 is 23.3 Å². The number of nitrogens with one attached hydrogen (secondary N) is 1. The van der Waals surface area contributed by atoms with Crippen molar-refractivity contribution in [3.05, 3.63) is 69.4 Å². The summed E-state index contributed by atoms with van der Waals surface area (Å²) in [5.74, 6) is -2.63. The van der Waals surface area contributed by atoms with Gasteiger partial charge in [-0.05, 0) is 19.1 Å². The summed E-state index contributed by atoms with van der Waals surface area (Å²) in [6, 6.07) is 5.28. The van der Waals surface area contributed by atoms with Gasteiger partial charge in [0.1, 0.15) is 0 Å². The molecule has 0 aliphatic heterocycles. The number of anilines is 1. The molecule has 0 unspecified atom stereocenters. The highest BCUT2D eigenvalue weighted by Gasteiger charge is 2.21. The highest BCUT2D eigenvalue weighted by Crippen LogP contribution is 2.21. The van der Waals surface area contributed by atoms with Gasteiger partial charge in [0.05, 0.1) is 10.5 Å². The zero-order valence-corrected chi connectivity index (χ0v) is 12.8. The first kappa shape index (κ1) is 17.8. The summed E-state index contributed by atoms with van der Waals surface area (Å²) in [7, 11) is 0. The van der Waals surface area contributed by atoms with Crippen molar-refractivity contribution in [2.24, 2.45) is 0 Å². The average Bonchev–Trinajstić information content (AvgIpc) is 2.56. The predicted octanol–water partition coefficient (Wildman–Crippen LogP) is 1.55. The Morgan fingerprint density at radius 2 is 1.92 bits per heavy atom. The summed E-state index contributed by atoms with van der Waals surface area (Å²) < 4.78 is 18.7. The molecule has 9 nitrogen and oxygen atoms in total. The monoisotopic (exact) mass is 349 g/mol. The molecule has 0 saturated heterocycles. The van der Waals surface area contributed by atoms with Gasteiger partial charge in [-0.25, -0.2) is 4.79 Å². The van der Waals surface area contributed by atoms with Gasteiger partial charge in [-0.15, -0.1) is 0 Å². The van der Waals surface area contributed by atoms with Crippen LogP contribution in [0.4, 0.5) is 15.8 Å². The SMILES string of the molecule is C[C@@H](OC(=O)c1cc[n+]([O-])cc1)C(=O)Nc1ccc(F)c([N+](=O)[O-])c1. The molecule has 0 spiro atoms. The molecule has 0 bridgehead atoms. The smallest absolute Gasteiger partial charge is 0.339 e. The molecule has 0 aliphatic carbocycles. The van der Waals surface area contributed by atoms with E-state index in [9.17, 15) is 29.3 Å². The molecule has 130 valence electrons. The zero-order chi connectivity index (χ0) is 18.6.